The molecule has 0 heterocycles. The summed E-state index contributed by atoms with van der Waals surface area (Å²) >= 11 is 0. The summed E-state index contributed by atoms with van der Waals surface area (Å²) in [7, 11) is 1.65. The maximum Gasteiger partial charge on any atom is 0.146 e. The number of nitrogens with one attached hydrogen (secondary N) is 1. The SMILES string of the molecule is CNc1ccc(CO)cc1F. The molecule has 0 amide bonds. The molecule has 0 aliphatic rings. The van der Waals surface area contributed by atoms with Gasteiger partial charge in [0.15, 0.2) is 0 Å². The molecule has 0 atom stereocenters. The van der Waals surface area contributed by atoms with Crippen molar-refractivity contribution in [1.29, 1.82) is 0 Å². The molecular formula is C8H10FNO. The Balaban J connectivity index is 2.99. The minimum Gasteiger partial charge on any atom is -0.392 e. The number of hydrogen-bond acceptors (Lipinski definition) is 2. The summed E-state index contributed by atoms with van der Waals surface area (Å²) in [6, 6.07) is 4.58. The Kier molecular flexibility index (Phi) is 2.44. The molecular weight excluding hydrogens is 145 g/mol. The van der Waals surface area contributed by atoms with Crippen LogP contribution in [0.15, 0.2) is 18.2 Å². The van der Waals surface area contributed by atoms with Gasteiger partial charge in [0.2, 0.25) is 0 Å². The number of anilines is 1. The molecule has 11 heavy (non-hydrogen) atoms. The van der Waals surface area contributed by atoms with Crippen LogP contribution in [0.4, 0.5) is 10.1 Å². The molecule has 2 N–H and O–H groups in total. The van der Waals surface area contributed by atoms with Crippen molar-refractivity contribution in [2.75, 3.05) is 12.4 Å². The van der Waals surface area contributed by atoms with Crippen molar-refractivity contribution in [3.05, 3.63) is 29.6 Å². The third-order valence-electron chi connectivity index (χ3n) is 1.49. The van der Waals surface area contributed by atoms with Crippen molar-refractivity contribution in [3.8, 4) is 0 Å². The summed E-state index contributed by atoms with van der Waals surface area (Å²) in [5.41, 5.74) is 1.03. The van der Waals surface area contributed by atoms with E-state index < -0.39 is 0 Å². The van der Waals surface area contributed by atoms with Crippen molar-refractivity contribution >= 4 is 5.69 Å². The van der Waals surface area contributed by atoms with Crippen LogP contribution in [0.2, 0.25) is 0 Å². The largest absolute Gasteiger partial charge is 0.392 e. The molecule has 1 rings (SSSR count). The minimum absolute atomic E-state index is 0.124. The molecule has 2 nitrogen and oxygen atoms in total. The fourth-order valence-electron chi connectivity index (χ4n) is 0.860. The second kappa shape index (κ2) is 3.34. The van der Waals surface area contributed by atoms with Gasteiger partial charge in [0.05, 0.1) is 12.3 Å². The predicted molar refractivity (Wildman–Crippen MR) is 41.9 cm³/mol. The molecule has 0 aromatic heterocycles. The molecule has 0 aliphatic heterocycles. The second-order valence-corrected chi connectivity index (χ2v) is 2.22. The summed E-state index contributed by atoms with van der Waals surface area (Å²) in [6.45, 7) is -0.124. The van der Waals surface area contributed by atoms with Crippen LogP contribution in [0.5, 0.6) is 0 Å². The van der Waals surface area contributed by atoms with E-state index in [1.54, 1.807) is 19.2 Å². The van der Waals surface area contributed by atoms with Crippen LogP contribution in [-0.4, -0.2) is 12.2 Å². The lowest BCUT2D eigenvalue weighted by molar-refractivity contribution is 0.281. The van der Waals surface area contributed by atoms with Crippen molar-refractivity contribution in [3.63, 3.8) is 0 Å². The average molecular weight is 155 g/mol. The van der Waals surface area contributed by atoms with Gasteiger partial charge in [-0.15, -0.1) is 0 Å². The Morgan fingerprint density at radius 3 is 2.73 bits per heavy atom. The van der Waals surface area contributed by atoms with Gasteiger partial charge in [0.1, 0.15) is 5.82 Å². The first-order chi connectivity index (χ1) is 5.27. The molecule has 0 fully saturated rings. The van der Waals surface area contributed by atoms with E-state index in [0.717, 1.165) is 0 Å². The zero-order valence-electron chi connectivity index (χ0n) is 6.26. The quantitative estimate of drug-likeness (QED) is 0.675. The Labute approximate surface area is 64.7 Å². The summed E-state index contributed by atoms with van der Waals surface area (Å²) in [6.07, 6.45) is 0. The second-order valence-electron chi connectivity index (χ2n) is 2.22. The molecule has 1 aromatic rings. The van der Waals surface area contributed by atoms with Crippen LogP contribution in [-0.2, 0) is 6.61 Å². The zero-order chi connectivity index (χ0) is 8.27. The molecule has 3 heteroatoms. The molecule has 60 valence electrons. The Morgan fingerprint density at radius 2 is 2.27 bits per heavy atom. The first kappa shape index (κ1) is 8.01. The molecule has 0 radical (unpaired) electrons. The van der Waals surface area contributed by atoms with E-state index in [-0.39, 0.29) is 12.4 Å². The van der Waals surface area contributed by atoms with Crippen LogP contribution in [0, 0.1) is 5.82 Å². The lowest BCUT2D eigenvalue weighted by Gasteiger charge is -2.02. The molecule has 0 saturated heterocycles. The number of aliphatic hydroxyl groups is 1. The fraction of sp³-hybridized carbons (Fsp3) is 0.250. The fourth-order valence-corrected chi connectivity index (χ4v) is 0.860. The van der Waals surface area contributed by atoms with Gasteiger partial charge in [0.25, 0.3) is 0 Å². The Bertz CT molecular complexity index is 250. The highest BCUT2D eigenvalue weighted by Crippen LogP contribution is 2.14. The van der Waals surface area contributed by atoms with Gasteiger partial charge in [0, 0.05) is 7.05 Å². The van der Waals surface area contributed by atoms with Crippen molar-refractivity contribution < 1.29 is 9.50 Å². The van der Waals surface area contributed by atoms with Gasteiger partial charge in [-0.3, -0.25) is 0 Å². The van der Waals surface area contributed by atoms with Crippen molar-refractivity contribution in [1.82, 2.24) is 0 Å². The number of hydrogen-bond donors (Lipinski definition) is 2. The van der Waals surface area contributed by atoms with Crippen LogP contribution < -0.4 is 5.32 Å². The topological polar surface area (TPSA) is 32.3 Å². The highest BCUT2D eigenvalue weighted by Gasteiger charge is 1.99. The van der Waals surface area contributed by atoms with Gasteiger partial charge in [-0.25, -0.2) is 4.39 Å². The van der Waals surface area contributed by atoms with Gasteiger partial charge in [-0.05, 0) is 17.7 Å². The number of benzene rings is 1. The highest BCUT2D eigenvalue weighted by atomic mass is 19.1. The third-order valence-corrected chi connectivity index (χ3v) is 1.49. The van der Waals surface area contributed by atoms with E-state index in [1.807, 2.05) is 0 Å². The van der Waals surface area contributed by atoms with Crippen molar-refractivity contribution in [2.24, 2.45) is 0 Å². The zero-order valence-corrected chi connectivity index (χ0v) is 6.26. The van der Waals surface area contributed by atoms with E-state index in [2.05, 4.69) is 5.32 Å². The maximum atomic E-state index is 12.9. The third kappa shape index (κ3) is 1.68. The van der Waals surface area contributed by atoms with E-state index >= 15 is 0 Å². The first-order valence-electron chi connectivity index (χ1n) is 3.35. The molecule has 0 bridgehead atoms. The van der Waals surface area contributed by atoms with E-state index in [0.29, 0.717) is 11.3 Å². The highest BCUT2D eigenvalue weighted by molar-refractivity contribution is 5.45. The summed E-state index contributed by atoms with van der Waals surface area (Å²) in [4.78, 5) is 0. The standard InChI is InChI=1S/C8H10FNO/c1-10-8-3-2-6(5-11)4-7(8)9/h2-4,10-11H,5H2,1H3. The number of halogens is 1. The van der Waals surface area contributed by atoms with Crippen LogP contribution in [0.1, 0.15) is 5.56 Å². The summed E-state index contributed by atoms with van der Waals surface area (Å²) < 4.78 is 12.9. The first-order valence-corrected chi connectivity index (χ1v) is 3.35. The maximum absolute atomic E-state index is 12.9. The number of aliphatic hydroxyl groups excluding tert-OH is 1. The Hall–Kier alpha value is -1.09. The van der Waals surface area contributed by atoms with Gasteiger partial charge in [-0.1, -0.05) is 6.07 Å². The normalized spacial score (nSPS) is 9.73. The lowest BCUT2D eigenvalue weighted by atomic mass is 10.2. The molecule has 0 aliphatic carbocycles. The van der Waals surface area contributed by atoms with Crippen molar-refractivity contribution in [2.45, 2.75) is 6.61 Å². The van der Waals surface area contributed by atoms with E-state index in [9.17, 15) is 4.39 Å². The Morgan fingerprint density at radius 1 is 1.55 bits per heavy atom. The lowest BCUT2D eigenvalue weighted by Crippen LogP contribution is -1.93. The minimum atomic E-state index is -0.334. The van der Waals surface area contributed by atoms with Gasteiger partial charge in [-0.2, -0.15) is 0 Å². The molecule has 0 unspecified atom stereocenters. The van der Waals surface area contributed by atoms with Crippen LogP contribution >= 0.6 is 0 Å². The number of rotatable bonds is 2. The van der Waals surface area contributed by atoms with Gasteiger partial charge >= 0.3 is 0 Å². The smallest absolute Gasteiger partial charge is 0.146 e. The summed E-state index contributed by atoms with van der Waals surface area (Å²) in [5.74, 6) is -0.334. The van der Waals surface area contributed by atoms with Crippen LogP contribution in [0.3, 0.4) is 0 Å². The van der Waals surface area contributed by atoms with E-state index in [4.69, 9.17) is 5.11 Å². The summed E-state index contributed by atoms with van der Waals surface area (Å²) in [5, 5.41) is 11.3. The predicted octanol–water partition coefficient (Wildman–Crippen LogP) is 1.36. The molecule has 0 saturated carbocycles. The van der Waals surface area contributed by atoms with Gasteiger partial charge < -0.3 is 10.4 Å². The van der Waals surface area contributed by atoms with E-state index in [1.165, 1.54) is 6.07 Å². The monoisotopic (exact) mass is 155 g/mol. The molecule has 0 spiro atoms. The average Bonchev–Trinajstić information content (AvgIpc) is 2.04. The molecule has 1 aromatic carbocycles. The van der Waals surface area contributed by atoms with Crippen LogP contribution in [0.25, 0.3) is 0 Å².